The first-order valence-corrected chi connectivity index (χ1v) is 7.11. The third-order valence-corrected chi connectivity index (χ3v) is 3.82. The Morgan fingerprint density at radius 1 is 1.14 bits per heavy atom. The molecule has 2 aromatic carbocycles. The average Bonchev–Trinajstić information content (AvgIpc) is 2.93. The fourth-order valence-corrected chi connectivity index (χ4v) is 2.63. The quantitative estimate of drug-likeness (QED) is 0.675. The van der Waals surface area contributed by atoms with Crippen molar-refractivity contribution in [3.05, 3.63) is 60.3 Å². The number of anilines is 1. The Labute approximate surface area is 129 Å². The van der Waals surface area contributed by atoms with E-state index in [2.05, 4.69) is 9.47 Å². The normalized spacial score (nSPS) is 10.6. The number of benzene rings is 2. The first-order chi connectivity index (χ1) is 10.7. The van der Waals surface area contributed by atoms with Crippen LogP contribution < -0.4 is 9.64 Å². The second-order valence-corrected chi connectivity index (χ2v) is 5.23. The first-order valence-electron chi connectivity index (χ1n) is 7.11. The van der Waals surface area contributed by atoms with E-state index in [0.717, 1.165) is 34.2 Å². The number of para-hydroxylation sites is 1. The monoisotopic (exact) mass is 294 g/mol. The number of nitrogens with zero attached hydrogens (tertiary/aromatic N) is 2. The molecule has 0 saturated carbocycles. The van der Waals surface area contributed by atoms with Gasteiger partial charge in [-0.1, -0.05) is 18.2 Å². The van der Waals surface area contributed by atoms with E-state index in [0.29, 0.717) is 6.67 Å². The standard InChI is InChI=1S/C18H18N2O2/c1-19(15-7-9-16(22-2)10-8-15)13-20-11-14(12-21)17-5-3-4-6-18(17)20/h3-12H,13H2,1-2H3. The van der Waals surface area contributed by atoms with Gasteiger partial charge in [0.1, 0.15) is 5.75 Å². The summed E-state index contributed by atoms with van der Waals surface area (Å²) in [7, 11) is 3.68. The SMILES string of the molecule is COc1ccc(N(C)Cn2cc(C=O)c3ccccc32)cc1. The predicted molar refractivity (Wildman–Crippen MR) is 88.7 cm³/mol. The van der Waals surface area contributed by atoms with Crippen molar-refractivity contribution in [3.8, 4) is 5.75 Å². The zero-order valence-electron chi connectivity index (χ0n) is 12.7. The molecule has 0 atom stereocenters. The van der Waals surface area contributed by atoms with E-state index in [1.165, 1.54) is 0 Å². The first kappa shape index (κ1) is 14.2. The molecule has 0 saturated heterocycles. The Hall–Kier alpha value is -2.75. The summed E-state index contributed by atoms with van der Waals surface area (Å²) < 4.78 is 7.27. The highest BCUT2D eigenvalue weighted by Crippen LogP contribution is 2.23. The number of methoxy groups -OCH3 is 1. The number of carbonyl (C=O) groups is 1. The largest absolute Gasteiger partial charge is 0.497 e. The van der Waals surface area contributed by atoms with E-state index in [9.17, 15) is 4.79 Å². The third-order valence-electron chi connectivity index (χ3n) is 3.82. The Morgan fingerprint density at radius 3 is 2.55 bits per heavy atom. The molecule has 0 aliphatic heterocycles. The van der Waals surface area contributed by atoms with Gasteiger partial charge in [0.15, 0.2) is 6.29 Å². The summed E-state index contributed by atoms with van der Waals surface area (Å²) in [6, 6.07) is 15.9. The molecule has 3 aromatic rings. The van der Waals surface area contributed by atoms with Crippen LogP contribution in [0.3, 0.4) is 0 Å². The van der Waals surface area contributed by atoms with Crippen LogP contribution in [0.15, 0.2) is 54.7 Å². The zero-order valence-corrected chi connectivity index (χ0v) is 12.7. The van der Waals surface area contributed by atoms with Crippen LogP contribution in [0.1, 0.15) is 10.4 Å². The lowest BCUT2D eigenvalue weighted by atomic mass is 10.2. The number of hydrogen-bond donors (Lipinski definition) is 0. The summed E-state index contributed by atoms with van der Waals surface area (Å²) >= 11 is 0. The van der Waals surface area contributed by atoms with Crippen LogP contribution in [0.25, 0.3) is 10.9 Å². The van der Waals surface area contributed by atoms with Crippen LogP contribution in [-0.2, 0) is 6.67 Å². The maximum absolute atomic E-state index is 11.2. The molecular weight excluding hydrogens is 276 g/mol. The van der Waals surface area contributed by atoms with Crippen molar-refractivity contribution in [1.82, 2.24) is 4.57 Å². The maximum atomic E-state index is 11.2. The van der Waals surface area contributed by atoms with E-state index in [1.807, 2.05) is 61.8 Å². The van der Waals surface area contributed by atoms with E-state index in [1.54, 1.807) is 7.11 Å². The third kappa shape index (κ3) is 2.55. The second kappa shape index (κ2) is 5.93. The van der Waals surface area contributed by atoms with Crippen LogP contribution >= 0.6 is 0 Å². The highest BCUT2D eigenvalue weighted by molar-refractivity contribution is 5.97. The van der Waals surface area contributed by atoms with Gasteiger partial charge in [-0.25, -0.2) is 0 Å². The fourth-order valence-electron chi connectivity index (χ4n) is 2.63. The summed E-state index contributed by atoms with van der Waals surface area (Å²) in [5.74, 6) is 0.840. The number of rotatable bonds is 5. The number of carbonyl (C=O) groups excluding carboxylic acids is 1. The Kier molecular flexibility index (Phi) is 3.83. The smallest absolute Gasteiger partial charge is 0.152 e. The fraction of sp³-hybridized carbons (Fsp3) is 0.167. The van der Waals surface area contributed by atoms with Crippen molar-refractivity contribution in [2.45, 2.75) is 6.67 Å². The van der Waals surface area contributed by atoms with Crippen LogP contribution in [0, 0.1) is 0 Å². The second-order valence-electron chi connectivity index (χ2n) is 5.23. The summed E-state index contributed by atoms with van der Waals surface area (Å²) in [6.07, 6.45) is 2.81. The molecule has 0 bridgehead atoms. The van der Waals surface area contributed by atoms with Gasteiger partial charge in [-0.3, -0.25) is 4.79 Å². The molecule has 4 heteroatoms. The average molecular weight is 294 g/mol. The minimum Gasteiger partial charge on any atom is -0.497 e. The zero-order chi connectivity index (χ0) is 15.5. The molecule has 1 heterocycles. The minimum absolute atomic E-state index is 0.667. The molecule has 0 N–H and O–H groups in total. The van der Waals surface area contributed by atoms with Crippen LogP contribution in [0.4, 0.5) is 5.69 Å². The van der Waals surface area contributed by atoms with Gasteiger partial charge in [-0.2, -0.15) is 0 Å². The molecule has 112 valence electrons. The molecule has 0 unspecified atom stereocenters. The summed E-state index contributed by atoms with van der Waals surface area (Å²) in [5, 5.41) is 0.987. The van der Waals surface area contributed by atoms with Gasteiger partial charge >= 0.3 is 0 Å². The van der Waals surface area contributed by atoms with Crippen molar-refractivity contribution in [2.24, 2.45) is 0 Å². The molecule has 22 heavy (non-hydrogen) atoms. The van der Waals surface area contributed by atoms with Gasteiger partial charge in [0.2, 0.25) is 0 Å². The summed E-state index contributed by atoms with van der Waals surface area (Å²) in [5.41, 5.74) is 2.87. The predicted octanol–water partition coefficient (Wildman–Crippen LogP) is 3.56. The van der Waals surface area contributed by atoms with Gasteiger partial charge in [-0.15, -0.1) is 0 Å². The van der Waals surface area contributed by atoms with Gasteiger partial charge in [0, 0.05) is 29.9 Å². The van der Waals surface area contributed by atoms with E-state index in [-0.39, 0.29) is 0 Å². The molecule has 0 spiro atoms. The van der Waals surface area contributed by atoms with Crippen molar-refractivity contribution in [3.63, 3.8) is 0 Å². The number of aldehydes is 1. The van der Waals surface area contributed by atoms with Crippen LogP contribution in [0.2, 0.25) is 0 Å². The van der Waals surface area contributed by atoms with Crippen LogP contribution in [0.5, 0.6) is 5.75 Å². The molecule has 0 radical (unpaired) electrons. The number of ether oxygens (including phenoxy) is 1. The van der Waals surface area contributed by atoms with E-state index >= 15 is 0 Å². The topological polar surface area (TPSA) is 34.5 Å². The summed E-state index contributed by atoms with van der Waals surface area (Å²) in [4.78, 5) is 13.3. The highest BCUT2D eigenvalue weighted by Gasteiger charge is 2.09. The molecule has 0 fully saturated rings. The van der Waals surface area contributed by atoms with Crippen LogP contribution in [-0.4, -0.2) is 25.0 Å². The number of fused-ring (bicyclic) bond motifs is 1. The van der Waals surface area contributed by atoms with Gasteiger partial charge in [-0.05, 0) is 30.3 Å². The van der Waals surface area contributed by atoms with Gasteiger partial charge in [0.05, 0.1) is 19.3 Å². The van der Waals surface area contributed by atoms with Gasteiger partial charge in [0.25, 0.3) is 0 Å². The Morgan fingerprint density at radius 2 is 1.86 bits per heavy atom. The lowest BCUT2D eigenvalue weighted by Crippen LogP contribution is -2.20. The molecule has 0 amide bonds. The molecule has 0 aliphatic rings. The molecule has 4 nitrogen and oxygen atoms in total. The lowest BCUT2D eigenvalue weighted by molar-refractivity contribution is 0.112. The van der Waals surface area contributed by atoms with E-state index in [4.69, 9.17) is 4.74 Å². The number of aromatic nitrogens is 1. The number of hydrogen-bond acceptors (Lipinski definition) is 3. The lowest BCUT2D eigenvalue weighted by Gasteiger charge is -2.21. The molecular formula is C18H18N2O2. The van der Waals surface area contributed by atoms with Crippen molar-refractivity contribution in [1.29, 1.82) is 0 Å². The maximum Gasteiger partial charge on any atom is 0.152 e. The van der Waals surface area contributed by atoms with Gasteiger partial charge < -0.3 is 14.2 Å². The minimum atomic E-state index is 0.667. The Bertz CT molecular complexity index is 790. The molecule has 1 aromatic heterocycles. The highest BCUT2D eigenvalue weighted by atomic mass is 16.5. The molecule has 3 rings (SSSR count). The van der Waals surface area contributed by atoms with E-state index < -0.39 is 0 Å². The van der Waals surface area contributed by atoms with Crippen molar-refractivity contribution >= 4 is 22.9 Å². The summed E-state index contributed by atoms with van der Waals surface area (Å²) in [6.45, 7) is 0.667. The van der Waals surface area contributed by atoms with Crippen molar-refractivity contribution in [2.75, 3.05) is 19.1 Å². The Balaban J connectivity index is 1.90. The van der Waals surface area contributed by atoms with Crippen molar-refractivity contribution < 1.29 is 9.53 Å². The molecule has 0 aliphatic carbocycles.